The SMILES string of the molecule is COc1ccc(Cn2ccc(CNCC(C)C)c2)c(F)c1. The molecular formula is C17H23FN2O. The van der Waals surface area contributed by atoms with Crippen molar-refractivity contribution in [3.8, 4) is 5.75 Å². The highest BCUT2D eigenvalue weighted by atomic mass is 19.1. The van der Waals surface area contributed by atoms with Crippen LogP contribution in [0, 0.1) is 11.7 Å². The predicted molar refractivity (Wildman–Crippen MR) is 83.0 cm³/mol. The fraction of sp³-hybridized carbons (Fsp3) is 0.412. The second-order valence-electron chi connectivity index (χ2n) is 5.67. The van der Waals surface area contributed by atoms with Crippen LogP contribution in [0.5, 0.6) is 5.75 Å². The van der Waals surface area contributed by atoms with Crippen molar-refractivity contribution in [3.05, 3.63) is 53.6 Å². The number of benzene rings is 1. The van der Waals surface area contributed by atoms with Crippen molar-refractivity contribution >= 4 is 0 Å². The molecule has 1 heterocycles. The van der Waals surface area contributed by atoms with Crippen molar-refractivity contribution < 1.29 is 9.13 Å². The minimum Gasteiger partial charge on any atom is -0.497 e. The zero-order valence-electron chi connectivity index (χ0n) is 12.9. The molecule has 4 heteroatoms. The van der Waals surface area contributed by atoms with Crippen LogP contribution in [-0.2, 0) is 13.1 Å². The normalized spacial score (nSPS) is 11.1. The van der Waals surface area contributed by atoms with Gasteiger partial charge in [0.1, 0.15) is 11.6 Å². The molecule has 0 aliphatic rings. The summed E-state index contributed by atoms with van der Waals surface area (Å²) in [5.41, 5.74) is 1.87. The number of halogens is 1. The Labute approximate surface area is 125 Å². The molecular weight excluding hydrogens is 267 g/mol. The fourth-order valence-corrected chi connectivity index (χ4v) is 2.18. The van der Waals surface area contributed by atoms with E-state index in [1.807, 2.05) is 10.8 Å². The Morgan fingerprint density at radius 2 is 2.10 bits per heavy atom. The highest BCUT2D eigenvalue weighted by Gasteiger charge is 2.05. The van der Waals surface area contributed by atoms with Gasteiger partial charge in [0.15, 0.2) is 0 Å². The summed E-state index contributed by atoms with van der Waals surface area (Å²) in [6.45, 7) is 6.74. The van der Waals surface area contributed by atoms with E-state index in [1.165, 1.54) is 18.7 Å². The zero-order valence-corrected chi connectivity index (χ0v) is 12.9. The third kappa shape index (κ3) is 4.60. The smallest absolute Gasteiger partial charge is 0.131 e. The van der Waals surface area contributed by atoms with Crippen LogP contribution in [0.4, 0.5) is 4.39 Å². The molecule has 2 aromatic rings. The van der Waals surface area contributed by atoms with Crippen molar-refractivity contribution in [2.45, 2.75) is 26.9 Å². The highest BCUT2D eigenvalue weighted by molar-refractivity contribution is 5.29. The molecule has 1 aromatic heterocycles. The molecule has 1 aromatic carbocycles. The Morgan fingerprint density at radius 1 is 1.29 bits per heavy atom. The molecule has 0 unspecified atom stereocenters. The second-order valence-corrected chi connectivity index (χ2v) is 5.67. The first-order chi connectivity index (χ1) is 10.1. The third-order valence-corrected chi connectivity index (χ3v) is 3.31. The molecule has 114 valence electrons. The molecule has 1 N–H and O–H groups in total. The lowest BCUT2D eigenvalue weighted by Crippen LogP contribution is -2.18. The molecule has 0 atom stereocenters. The molecule has 0 saturated carbocycles. The standard InChI is InChI=1S/C17H23FN2O/c1-13(2)9-19-10-14-6-7-20(11-14)12-15-4-5-16(21-3)8-17(15)18/h4-8,11,13,19H,9-10,12H2,1-3H3. The van der Waals surface area contributed by atoms with E-state index in [0.29, 0.717) is 23.8 Å². The molecule has 0 aliphatic carbocycles. The first kappa shape index (κ1) is 15.6. The second kappa shape index (κ2) is 7.27. The van der Waals surface area contributed by atoms with Gasteiger partial charge in [-0.15, -0.1) is 0 Å². The van der Waals surface area contributed by atoms with Crippen LogP contribution in [0.3, 0.4) is 0 Å². The quantitative estimate of drug-likeness (QED) is 0.845. The molecule has 0 spiro atoms. The number of nitrogens with one attached hydrogen (secondary N) is 1. The highest BCUT2D eigenvalue weighted by Crippen LogP contribution is 2.17. The number of rotatable bonds is 7. The van der Waals surface area contributed by atoms with E-state index in [4.69, 9.17) is 4.74 Å². The van der Waals surface area contributed by atoms with E-state index in [1.54, 1.807) is 12.1 Å². The maximum absolute atomic E-state index is 13.9. The van der Waals surface area contributed by atoms with Gasteiger partial charge in [-0.2, -0.15) is 0 Å². The Hall–Kier alpha value is -1.81. The van der Waals surface area contributed by atoms with Crippen LogP contribution in [-0.4, -0.2) is 18.2 Å². The number of methoxy groups -OCH3 is 1. The number of nitrogens with zero attached hydrogens (tertiary/aromatic N) is 1. The lowest BCUT2D eigenvalue weighted by Gasteiger charge is -2.07. The Balaban J connectivity index is 1.96. The van der Waals surface area contributed by atoms with Gasteiger partial charge in [-0.3, -0.25) is 0 Å². The Morgan fingerprint density at radius 3 is 2.76 bits per heavy atom. The number of ether oxygens (including phenoxy) is 1. The predicted octanol–water partition coefficient (Wildman–Crippen LogP) is 3.43. The fourth-order valence-electron chi connectivity index (χ4n) is 2.18. The van der Waals surface area contributed by atoms with E-state index in [9.17, 15) is 4.39 Å². The van der Waals surface area contributed by atoms with Crippen LogP contribution in [0.1, 0.15) is 25.0 Å². The first-order valence-electron chi connectivity index (χ1n) is 7.26. The summed E-state index contributed by atoms with van der Waals surface area (Å²) in [4.78, 5) is 0. The maximum atomic E-state index is 13.9. The Bertz CT molecular complexity index is 578. The van der Waals surface area contributed by atoms with Gasteiger partial charge in [0.2, 0.25) is 0 Å². The molecule has 0 fully saturated rings. The number of hydrogen-bond donors (Lipinski definition) is 1. The first-order valence-corrected chi connectivity index (χ1v) is 7.26. The topological polar surface area (TPSA) is 26.2 Å². The Kier molecular flexibility index (Phi) is 5.39. The van der Waals surface area contributed by atoms with Crippen molar-refractivity contribution in [2.75, 3.05) is 13.7 Å². The van der Waals surface area contributed by atoms with Crippen LogP contribution < -0.4 is 10.1 Å². The zero-order chi connectivity index (χ0) is 15.2. The van der Waals surface area contributed by atoms with Gasteiger partial charge in [-0.05, 0) is 30.2 Å². The molecule has 21 heavy (non-hydrogen) atoms. The van der Waals surface area contributed by atoms with Crippen molar-refractivity contribution in [1.82, 2.24) is 9.88 Å². The molecule has 0 radical (unpaired) electrons. The van der Waals surface area contributed by atoms with E-state index in [-0.39, 0.29) is 5.82 Å². The average molecular weight is 290 g/mol. The molecule has 0 bridgehead atoms. The summed E-state index contributed by atoms with van der Waals surface area (Å²) in [5.74, 6) is 0.949. The third-order valence-electron chi connectivity index (χ3n) is 3.31. The van der Waals surface area contributed by atoms with E-state index >= 15 is 0 Å². The number of hydrogen-bond acceptors (Lipinski definition) is 2. The van der Waals surface area contributed by atoms with Gasteiger partial charge in [0.25, 0.3) is 0 Å². The van der Waals surface area contributed by atoms with Crippen molar-refractivity contribution in [1.29, 1.82) is 0 Å². The minimum absolute atomic E-state index is 0.234. The molecule has 0 amide bonds. The van der Waals surface area contributed by atoms with Crippen molar-refractivity contribution in [3.63, 3.8) is 0 Å². The van der Waals surface area contributed by atoms with Crippen LogP contribution >= 0.6 is 0 Å². The van der Waals surface area contributed by atoms with Gasteiger partial charge >= 0.3 is 0 Å². The minimum atomic E-state index is -0.234. The lowest BCUT2D eigenvalue weighted by atomic mass is 10.2. The summed E-state index contributed by atoms with van der Waals surface area (Å²) in [7, 11) is 1.54. The summed E-state index contributed by atoms with van der Waals surface area (Å²) in [6.07, 6.45) is 4.03. The van der Waals surface area contributed by atoms with Gasteiger partial charge in [0.05, 0.1) is 7.11 Å². The van der Waals surface area contributed by atoms with E-state index in [0.717, 1.165) is 13.1 Å². The molecule has 3 nitrogen and oxygen atoms in total. The van der Waals surface area contributed by atoms with Gasteiger partial charge in [-0.1, -0.05) is 19.9 Å². The van der Waals surface area contributed by atoms with Crippen LogP contribution in [0.15, 0.2) is 36.7 Å². The molecule has 2 rings (SSSR count). The largest absolute Gasteiger partial charge is 0.497 e. The van der Waals surface area contributed by atoms with Gasteiger partial charge in [0, 0.05) is 37.1 Å². The maximum Gasteiger partial charge on any atom is 0.131 e. The van der Waals surface area contributed by atoms with Crippen LogP contribution in [0.2, 0.25) is 0 Å². The molecule has 0 saturated heterocycles. The lowest BCUT2D eigenvalue weighted by molar-refractivity contribution is 0.410. The van der Waals surface area contributed by atoms with E-state index < -0.39 is 0 Å². The van der Waals surface area contributed by atoms with Gasteiger partial charge in [-0.25, -0.2) is 4.39 Å². The molecule has 0 aliphatic heterocycles. The summed E-state index contributed by atoms with van der Waals surface area (Å²) in [6, 6.07) is 7.04. The summed E-state index contributed by atoms with van der Waals surface area (Å²) < 4.78 is 20.9. The summed E-state index contributed by atoms with van der Waals surface area (Å²) in [5, 5.41) is 3.40. The van der Waals surface area contributed by atoms with E-state index in [2.05, 4.69) is 31.4 Å². The average Bonchev–Trinajstić information content (AvgIpc) is 2.88. The summed E-state index contributed by atoms with van der Waals surface area (Å²) >= 11 is 0. The monoisotopic (exact) mass is 290 g/mol. The van der Waals surface area contributed by atoms with Gasteiger partial charge < -0.3 is 14.6 Å². The number of aromatic nitrogens is 1. The van der Waals surface area contributed by atoms with Crippen LogP contribution in [0.25, 0.3) is 0 Å². The van der Waals surface area contributed by atoms with Crippen molar-refractivity contribution in [2.24, 2.45) is 5.92 Å².